The molecule has 1 amide bonds. The second-order valence-corrected chi connectivity index (χ2v) is 5.47. The molecule has 0 saturated heterocycles. The predicted molar refractivity (Wildman–Crippen MR) is 99.4 cm³/mol. The summed E-state index contributed by atoms with van der Waals surface area (Å²) in [4.78, 5) is 47.0. The van der Waals surface area contributed by atoms with E-state index in [0.29, 0.717) is 0 Å². The van der Waals surface area contributed by atoms with Crippen LogP contribution >= 0.6 is 0 Å². The molecular formula is C19H18N2O7. The van der Waals surface area contributed by atoms with Crippen LogP contribution in [0.15, 0.2) is 42.5 Å². The molecule has 9 heteroatoms. The molecule has 2 rings (SSSR count). The van der Waals surface area contributed by atoms with Gasteiger partial charge in [0.2, 0.25) is 0 Å². The van der Waals surface area contributed by atoms with E-state index in [2.05, 4.69) is 5.32 Å². The smallest absolute Gasteiger partial charge is 0.338 e. The molecule has 0 aliphatic heterocycles. The van der Waals surface area contributed by atoms with Crippen LogP contribution in [-0.4, -0.2) is 36.0 Å². The molecule has 0 aliphatic rings. The quantitative estimate of drug-likeness (QED) is 0.440. The van der Waals surface area contributed by atoms with E-state index in [1.54, 1.807) is 13.8 Å². The molecular weight excluding hydrogens is 368 g/mol. The van der Waals surface area contributed by atoms with Crippen molar-refractivity contribution in [2.45, 2.75) is 13.8 Å². The predicted octanol–water partition coefficient (Wildman–Crippen LogP) is 3.20. The zero-order valence-corrected chi connectivity index (χ0v) is 15.3. The van der Waals surface area contributed by atoms with Crippen LogP contribution in [-0.2, 0) is 9.47 Å². The Morgan fingerprint density at radius 2 is 1.50 bits per heavy atom. The Hall–Kier alpha value is -3.75. The van der Waals surface area contributed by atoms with Crippen LogP contribution in [0, 0.1) is 10.1 Å². The molecule has 2 aromatic rings. The van der Waals surface area contributed by atoms with Gasteiger partial charge in [-0.05, 0) is 38.1 Å². The van der Waals surface area contributed by atoms with Crippen LogP contribution < -0.4 is 5.32 Å². The second kappa shape index (κ2) is 9.26. The Morgan fingerprint density at radius 3 is 2.00 bits per heavy atom. The van der Waals surface area contributed by atoms with Crippen LogP contribution in [0.25, 0.3) is 0 Å². The van der Waals surface area contributed by atoms with Crippen LogP contribution in [0.2, 0.25) is 0 Å². The van der Waals surface area contributed by atoms with E-state index < -0.39 is 22.8 Å². The number of para-hydroxylation sites is 1. The molecule has 0 saturated carbocycles. The maximum Gasteiger partial charge on any atom is 0.338 e. The highest BCUT2D eigenvalue weighted by atomic mass is 16.6. The number of carbonyl (C=O) groups excluding carboxylic acids is 3. The van der Waals surface area contributed by atoms with E-state index in [-0.39, 0.29) is 41.3 Å². The van der Waals surface area contributed by atoms with Crippen molar-refractivity contribution in [2.24, 2.45) is 0 Å². The van der Waals surface area contributed by atoms with Gasteiger partial charge in [0.15, 0.2) is 0 Å². The Balaban J connectivity index is 2.41. The minimum atomic E-state index is -0.761. The molecule has 0 atom stereocenters. The van der Waals surface area contributed by atoms with Crippen molar-refractivity contribution in [3.8, 4) is 0 Å². The van der Waals surface area contributed by atoms with Crippen molar-refractivity contribution in [3.05, 3.63) is 69.3 Å². The number of nitro groups is 1. The first-order chi connectivity index (χ1) is 13.4. The first-order valence-electron chi connectivity index (χ1n) is 8.41. The fourth-order valence-corrected chi connectivity index (χ4v) is 2.39. The minimum Gasteiger partial charge on any atom is -0.462 e. The van der Waals surface area contributed by atoms with Crippen molar-refractivity contribution in [1.82, 2.24) is 0 Å². The summed E-state index contributed by atoms with van der Waals surface area (Å²) < 4.78 is 9.85. The van der Waals surface area contributed by atoms with Crippen molar-refractivity contribution in [1.29, 1.82) is 0 Å². The average molecular weight is 386 g/mol. The minimum absolute atomic E-state index is 0.0327. The summed E-state index contributed by atoms with van der Waals surface area (Å²) >= 11 is 0. The zero-order valence-electron chi connectivity index (χ0n) is 15.3. The number of nitrogens with one attached hydrogen (secondary N) is 1. The summed E-state index contributed by atoms with van der Waals surface area (Å²) in [6.07, 6.45) is 0. The first kappa shape index (κ1) is 20.6. The van der Waals surface area contributed by atoms with Gasteiger partial charge in [0.05, 0.1) is 29.3 Å². The molecule has 0 bridgehead atoms. The Bertz CT molecular complexity index is 888. The number of ether oxygens (including phenoxy) is 2. The first-order valence-corrected chi connectivity index (χ1v) is 8.41. The van der Waals surface area contributed by atoms with E-state index in [9.17, 15) is 24.5 Å². The van der Waals surface area contributed by atoms with E-state index in [1.807, 2.05) is 0 Å². The van der Waals surface area contributed by atoms with E-state index in [1.165, 1.54) is 42.5 Å². The van der Waals surface area contributed by atoms with Gasteiger partial charge in [0.25, 0.3) is 11.6 Å². The number of hydrogen-bond donors (Lipinski definition) is 1. The monoisotopic (exact) mass is 386 g/mol. The number of amides is 1. The number of carbonyl (C=O) groups is 3. The second-order valence-electron chi connectivity index (χ2n) is 5.47. The Labute approximate surface area is 160 Å². The number of esters is 2. The average Bonchev–Trinajstić information content (AvgIpc) is 2.68. The summed E-state index contributed by atoms with van der Waals surface area (Å²) in [5, 5.41) is 13.6. The summed E-state index contributed by atoms with van der Waals surface area (Å²) in [7, 11) is 0. The summed E-state index contributed by atoms with van der Waals surface area (Å²) in [6.45, 7) is 3.51. The Morgan fingerprint density at radius 1 is 0.964 bits per heavy atom. The van der Waals surface area contributed by atoms with E-state index in [4.69, 9.17) is 9.47 Å². The van der Waals surface area contributed by atoms with Gasteiger partial charge in [0, 0.05) is 11.8 Å². The van der Waals surface area contributed by atoms with Gasteiger partial charge >= 0.3 is 11.9 Å². The standard InChI is InChI=1S/C19H18N2O7/c1-3-27-18(23)12-9-13(19(24)28-4-2)11-14(10-12)20-17(22)15-7-5-6-8-16(15)21(25)26/h5-11H,3-4H2,1-2H3,(H,20,22). The number of nitro benzene ring substituents is 1. The molecule has 0 aromatic heterocycles. The molecule has 0 fully saturated rings. The SMILES string of the molecule is CCOC(=O)c1cc(NC(=O)c2ccccc2[N+](=O)[O-])cc(C(=O)OCC)c1. The van der Waals surface area contributed by atoms with Crippen molar-refractivity contribution in [2.75, 3.05) is 18.5 Å². The summed E-state index contributed by atoms with van der Waals surface area (Å²) in [6, 6.07) is 9.34. The molecule has 0 radical (unpaired) electrons. The van der Waals surface area contributed by atoms with E-state index >= 15 is 0 Å². The molecule has 0 heterocycles. The number of benzene rings is 2. The summed E-state index contributed by atoms with van der Waals surface area (Å²) in [5.41, 5.74) is -0.369. The van der Waals surface area contributed by atoms with Crippen LogP contribution in [0.1, 0.15) is 44.9 Å². The maximum absolute atomic E-state index is 12.5. The third kappa shape index (κ3) is 4.91. The third-order valence-electron chi connectivity index (χ3n) is 3.56. The van der Waals surface area contributed by atoms with Gasteiger partial charge in [-0.3, -0.25) is 14.9 Å². The molecule has 9 nitrogen and oxygen atoms in total. The maximum atomic E-state index is 12.5. The van der Waals surface area contributed by atoms with Gasteiger partial charge in [0.1, 0.15) is 5.56 Å². The lowest BCUT2D eigenvalue weighted by molar-refractivity contribution is -0.385. The lowest BCUT2D eigenvalue weighted by Crippen LogP contribution is -2.16. The number of anilines is 1. The fourth-order valence-electron chi connectivity index (χ4n) is 2.39. The fraction of sp³-hybridized carbons (Fsp3) is 0.211. The molecule has 0 spiro atoms. The van der Waals surface area contributed by atoms with Crippen LogP contribution in [0.5, 0.6) is 0 Å². The van der Waals surface area contributed by atoms with Crippen LogP contribution in [0.3, 0.4) is 0 Å². The highest BCUT2D eigenvalue weighted by molar-refractivity contribution is 6.08. The van der Waals surface area contributed by atoms with Gasteiger partial charge in [-0.25, -0.2) is 9.59 Å². The van der Waals surface area contributed by atoms with Crippen molar-refractivity contribution >= 4 is 29.2 Å². The number of nitrogens with zero attached hydrogens (tertiary/aromatic N) is 1. The summed E-state index contributed by atoms with van der Waals surface area (Å²) in [5.74, 6) is -2.13. The van der Waals surface area contributed by atoms with Gasteiger partial charge in [-0.15, -0.1) is 0 Å². The van der Waals surface area contributed by atoms with Crippen molar-refractivity contribution < 1.29 is 28.8 Å². The Kier molecular flexibility index (Phi) is 6.80. The zero-order chi connectivity index (χ0) is 20.7. The highest BCUT2D eigenvalue weighted by Crippen LogP contribution is 2.22. The molecule has 0 aliphatic carbocycles. The molecule has 2 aromatic carbocycles. The van der Waals surface area contributed by atoms with Gasteiger partial charge in [-0.2, -0.15) is 0 Å². The number of hydrogen-bond acceptors (Lipinski definition) is 7. The highest BCUT2D eigenvalue weighted by Gasteiger charge is 2.21. The molecule has 28 heavy (non-hydrogen) atoms. The lowest BCUT2D eigenvalue weighted by atomic mass is 10.1. The largest absolute Gasteiger partial charge is 0.462 e. The third-order valence-corrected chi connectivity index (χ3v) is 3.56. The molecule has 0 unspecified atom stereocenters. The normalized spacial score (nSPS) is 10.1. The van der Waals surface area contributed by atoms with Gasteiger partial charge < -0.3 is 14.8 Å². The van der Waals surface area contributed by atoms with Gasteiger partial charge in [-0.1, -0.05) is 12.1 Å². The number of rotatable bonds is 7. The van der Waals surface area contributed by atoms with Crippen molar-refractivity contribution in [3.63, 3.8) is 0 Å². The molecule has 146 valence electrons. The molecule has 1 N–H and O–H groups in total. The van der Waals surface area contributed by atoms with Crippen LogP contribution in [0.4, 0.5) is 11.4 Å². The van der Waals surface area contributed by atoms with E-state index in [0.717, 1.165) is 0 Å². The topological polar surface area (TPSA) is 125 Å². The lowest BCUT2D eigenvalue weighted by Gasteiger charge is -2.10.